The molecular formula is C19H24N2O3S. The third-order valence-corrected chi connectivity index (χ3v) is 5.15. The predicted octanol–water partition coefficient (Wildman–Crippen LogP) is 4.86. The summed E-state index contributed by atoms with van der Waals surface area (Å²) in [5.41, 5.74) is 1.14. The first-order valence-electron chi connectivity index (χ1n) is 8.73. The van der Waals surface area contributed by atoms with Gasteiger partial charge >= 0.3 is 5.97 Å². The second-order valence-electron chi connectivity index (χ2n) is 6.46. The predicted molar refractivity (Wildman–Crippen MR) is 99.5 cm³/mol. The molecule has 6 heteroatoms. The van der Waals surface area contributed by atoms with Crippen LogP contribution in [0.2, 0.25) is 0 Å². The highest BCUT2D eigenvalue weighted by molar-refractivity contribution is 7.13. The molecule has 25 heavy (non-hydrogen) atoms. The zero-order chi connectivity index (χ0) is 17.9. The van der Waals surface area contributed by atoms with Crippen molar-refractivity contribution >= 4 is 28.1 Å². The second-order valence-corrected chi connectivity index (χ2v) is 7.32. The van der Waals surface area contributed by atoms with Crippen LogP contribution >= 0.6 is 11.3 Å². The average molecular weight is 360 g/mol. The van der Waals surface area contributed by atoms with Gasteiger partial charge in [-0.1, -0.05) is 13.3 Å². The van der Waals surface area contributed by atoms with Crippen molar-refractivity contribution in [2.45, 2.75) is 45.6 Å². The highest BCUT2D eigenvalue weighted by Gasteiger charge is 2.45. The lowest BCUT2D eigenvalue weighted by molar-refractivity contribution is -0.150. The SMILES string of the molecule is CCC[C@H]1C[C@@](C)(c2csc(Nc3ccc(OCC)cc3)n2)OC1=O. The van der Waals surface area contributed by atoms with Crippen molar-refractivity contribution in [3.63, 3.8) is 0 Å². The minimum Gasteiger partial charge on any atom is -0.494 e. The molecule has 0 unspecified atom stereocenters. The first-order valence-corrected chi connectivity index (χ1v) is 9.60. The van der Waals surface area contributed by atoms with E-state index in [1.54, 1.807) is 0 Å². The molecule has 1 fully saturated rings. The molecule has 0 bridgehead atoms. The van der Waals surface area contributed by atoms with Crippen LogP contribution in [-0.2, 0) is 15.1 Å². The van der Waals surface area contributed by atoms with Gasteiger partial charge < -0.3 is 14.8 Å². The number of benzene rings is 1. The molecule has 134 valence electrons. The molecule has 5 nitrogen and oxygen atoms in total. The fourth-order valence-corrected chi connectivity index (χ4v) is 3.98. The maximum atomic E-state index is 12.1. The summed E-state index contributed by atoms with van der Waals surface area (Å²) < 4.78 is 11.1. The summed E-state index contributed by atoms with van der Waals surface area (Å²) in [7, 11) is 0. The Bertz CT molecular complexity index is 729. The number of ether oxygens (including phenoxy) is 2. The van der Waals surface area contributed by atoms with Gasteiger partial charge in [0, 0.05) is 17.5 Å². The Kier molecular flexibility index (Phi) is 5.27. The molecule has 1 aliphatic heterocycles. The quantitative estimate of drug-likeness (QED) is 0.714. The zero-order valence-electron chi connectivity index (χ0n) is 14.9. The normalized spacial score (nSPS) is 22.7. The summed E-state index contributed by atoms with van der Waals surface area (Å²) in [6.45, 7) is 6.66. The van der Waals surface area contributed by atoms with Crippen molar-refractivity contribution < 1.29 is 14.3 Å². The molecule has 0 radical (unpaired) electrons. The van der Waals surface area contributed by atoms with Gasteiger partial charge in [-0.15, -0.1) is 11.3 Å². The molecular weight excluding hydrogens is 336 g/mol. The van der Waals surface area contributed by atoms with E-state index in [2.05, 4.69) is 17.2 Å². The summed E-state index contributed by atoms with van der Waals surface area (Å²) in [6, 6.07) is 7.77. The number of carbonyl (C=O) groups excluding carboxylic acids is 1. The molecule has 2 atom stereocenters. The monoisotopic (exact) mass is 360 g/mol. The number of rotatable bonds is 7. The minimum absolute atomic E-state index is 0.0146. The first kappa shape index (κ1) is 17.7. The van der Waals surface area contributed by atoms with Crippen molar-refractivity contribution in [3.8, 4) is 5.75 Å². The van der Waals surface area contributed by atoms with E-state index in [4.69, 9.17) is 9.47 Å². The van der Waals surface area contributed by atoms with Crippen molar-refractivity contribution in [2.75, 3.05) is 11.9 Å². The Hall–Kier alpha value is -2.08. The maximum absolute atomic E-state index is 12.1. The Balaban J connectivity index is 1.69. The third kappa shape index (κ3) is 3.95. The number of carbonyl (C=O) groups is 1. The van der Waals surface area contributed by atoms with Crippen LogP contribution < -0.4 is 10.1 Å². The molecule has 0 saturated carbocycles. The molecule has 2 aromatic rings. The van der Waals surface area contributed by atoms with E-state index in [0.29, 0.717) is 13.0 Å². The fourth-order valence-electron chi connectivity index (χ4n) is 3.12. The van der Waals surface area contributed by atoms with Crippen LogP contribution in [0.15, 0.2) is 29.6 Å². The Morgan fingerprint density at radius 1 is 1.36 bits per heavy atom. The number of cyclic esters (lactones) is 1. The second kappa shape index (κ2) is 7.44. The van der Waals surface area contributed by atoms with E-state index < -0.39 is 5.60 Å². The zero-order valence-corrected chi connectivity index (χ0v) is 15.7. The van der Waals surface area contributed by atoms with E-state index in [1.807, 2.05) is 43.5 Å². The molecule has 1 N–H and O–H groups in total. The Morgan fingerprint density at radius 2 is 2.12 bits per heavy atom. The standard InChI is InChI=1S/C19H24N2O3S/c1-4-6-13-11-19(3,24-17(13)22)16-12-25-18(21-16)20-14-7-9-15(10-8-14)23-5-2/h7-10,12-13H,4-6,11H2,1-3H3,(H,20,21)/t13-,19-/m0/s1. The van der Waals surface area contributed by atoms with E-state index in [-0.39, 0.29) is 11.9 Å². The molecule has 2 heterocycles. The van der Waals surface area contributed by atoms with Crippen LogP contribution in [0.25, 0.3) is 0 Å². The van der Waals surface area contributed by atoms with Crippen molar-refractivity contribution in [3.05, 3.63) is 35.3 Å². The van der Waals surface area contributed by atoms with Crippen LogP contribution in [0, 0.1) is 5.92 Å². The topological polar surface area (TPSA) is 60.4 Å². The molecule has 1 saturated heterocycles. The van der Waals surface area contributed by atoms with Crippen LogP contribution in [0.1, 0.15) is 45.7 Å². The van der Waals surface area contributed by atoms with Crippen molar-refractivity contribution in [2.24, 2.45) is 5.92 Å². The lowest BCUT2D eigenvalue weighted by Crippen LogP contribution is -2.21. The highest BCUT2D eigenvalue weighted by atomic mass is 32.1. The van der Waals surface area contributed by atoms with Gasteiger partial charge in [-0.25, -0.2) is 4.98 Å². The Labute approximate surface area is 152 Å². The number of thiazole rings is 1. The first-order chi connectivity index (χ1) is 12.0. The average Bonchev–Trinajstić information content (AvgIpc) is 3.16. The van der Waals surface area contributed by atoms with Gasteiger partial charge in [-0.05, 0) is 44.5 Å². The van der Waals surface area contributed by atoms with Crippen LogP contribution in [-0.4, -0.2) is 17.6 Å². The lowest BCUT2D eigenvalue weighted by atomic mass is 9.91. The van der Waals surface area contributed by atoms with Gasteiger partial charge in [0.15, 0.2) is 10.7 Å². The van der Waals surface area contributed by atoms with Gasteiger partial charge in [0.25, 0.3) is 0 Å². The highest BCUT2D eigenvalue weighted by Crippen LogP contribution is 2.42. The van der Waals surface area contributed by atoms with E-state index in [1.165, 1.54) is 11.3 Å². The van der Waals surface area contributed by atoms with Crippen LogP contribution in [0.3, 0.4) is 0 Å². The maximum Gasteiger partial charge on any atom is 0.310 e. The number of esters is 1. The van der Waals surface area contributed by atoms with Gasteiger partial charge in [0.05, 0.1) is 18.2 Å². The number of anilines is 2. The third-order valence-electron chi connectivity index (χ3n) is 4.39. The summed E-state index contributed by atoms with van der Waals surface area (Å²) in [4.78, 5) is 16.7. The summed E-state index contributed by atoms with van der Waals surface area (Å²) >= 11 is 1.52. The molecule has 3 rings (SSSR count). The van der Waals surface area contributed by atoms with Crippen LogP contribution in [0.5, 0.6) is 5.75 Å². The fraction of sp³-hybridized carbons (Fsp3) is 0.474. The van der Waals surface area contributed by atoms with Gasteiger partial charge in [0.2, 0.25) is 0 Å². The number of hydrogen-bond donors (Lipinski definition) is 1. The molecule has 0 aliphatic carbocycles. The van der Waals surface area contributed by atoms with Gasteiger partial charge in [-0.2, -0.15) is 0 Å². The molecule has 1 aromatic carbocycles. The van der Waals surface area contributed by atoms with Gasteiger partial charge in [0.1, 0.15) is 5.75 Å². The van der Waals surface area contributed by atoms with Gasteiger partial charge in [-0.3, -0.25) is 4.79 Å². The summed E-state index contributed by atoms with van der Waals surface area (Å²) in [5.74, 6) is 0.734. The number of nitrogens with one attached hydrogen (secondary N) is 1. The van der Waals surface area contributed by atoms with Crippen molar-refractivity contribution in [1.29, 1.82) is 0 Å². The molecule has 1 aliphatic rings. The largest absolute Gasteiger partial charge is 0.494 e. The smallest absolute Gasteiger partial charge is 0.310 e. The van der Waals surface area contributed by atoms with E-state index in [9.17, 15) is 4.79 Å². The minimum atomic E-state index is -0.619. The van der Waals surface area contributed by atoms with E-state index >= 15 is 0 Å². The number of hydrogen-bond acceptors (Lipinski definition) is 6. The van der Waals surface area contributed by atoms with Crippen molar-refractivity contribution in [1.82, 2.24) is 4.98 Å². The lowest BCUT2D eigenvalue weighted by Gasteiger charge is -2.19. The number of nitrogens with zero attached hydrogens (tertiary/aromatic N) is 1. The number of aromatic nitrogens is 1. The molecule has 0 amide bonds. The summed E-state index contributed by atoms with van der Waals surface area (Å²) in [5, 5.41) is 6.05. The molecule has 0 spiro atoms. The van der Waals surface area contributed by atoms with E-state index in [0.717, 1.165) is 35.1 Å². The Morgan fingerprint density at radius 3 is 2.80 bits per heavy atom. The van der Waals surface area contributed by atoms with Crippen LogP contribution in [0.4, 0.5) is 10.8 Å². The molecule has 1 aromatic heterocycles. The summed E-state index contributed by atoms with van der Waals surface area (Å²) in [6.07, 6.45) is 2.55.